The van der Waals surface area contributed by atoms with Crippen LogP contribution in [0.4, 0.5) is 0 Å². The molecule has 2 aliphatic carbocycles. The monoisotopic (exact) mass is 379 g/mol. The summed E-state index contributed by atoms with van der Waals surface area (Å²) in [5.74, 6) is 0.193. The van der Waals surface area contributed by atoms with Crippen molar-refractivity contribution < 1.29 is 9.59 Å². The Balaban J connectivity index is 1.38. The quantitative estimate of drug-likeness (QED) is 0.672. The van der Waals surface area contributed by atoms with Crippen molar-refractivity contribution in [2.75, 3.05) is 6.54 Å². The minimum Gasteiger partial charge on any atom is -0.353 e. The lowest BCUT2D eigenvalue weighted by Gasteiger charge is -2.28. The third kappa shape index (κ3) is 4.64. The van der Waals surface area contributed by atoms with Gasteiger partial charge in [0.2, 0.25) is 11.8 Å². The number of hydrogen-bond donors (Lipinski definition) is 0. The van der Waals surface area contributed by atoms with Gasteiger partial charge in [-0.05, 0) is 49.8 Å². The molecule has 1 aromatic carbocycles. The van der Waals surface area contributed by atoms with Gasteiger partial charge in [-0.2, -0.15) is 0 Å². The molecule has 5 heteroatoms. The zero-order chi connectivity index (χ0) is 19.5. The first-order chi connectivity index (χ1) is 13.6. The zero-order valence-corrected chi connectivity index (χ0v) is 16.6. The number of aryl methyl sites for hydroxylation is 2. The maximum atomic E-state index is 13.1. The van der Waals surface area contributed by atoms with Crippen molar-refractivity contribution in [3.05, 3.63) is 59.9 Å². The summed E-state index contributed by atoms with van der Waals surface area (Å²) in [5.41, 5.74) is 2.30. The number of rotatable bonds is 9. The highest BCUT2D eigenvalue weighted by atomic mass is 16.2. The van der Waals surface area contributed by atoms with Crippen LogP contribution in [0.3, 0.4) is 0 Å². The number of carbonyl (C=O) groups is 2. The summed E-state index contributed by atoms with van der Waals surface area (Å²) < 4.78 is 2.06. The third-order valence-electron chi connectivity index (χ3n) is 5.78. The standard InChI is InChI=1S/C23H29N3O2/c1-24-15-5-8-21(24)16-25(19-10-11-19)23(28)17-26(20-12-13-20)22(27)14-9-18-6-3-2-4-7-18/h2-8,15,19-20H,9-14,16-17H2,1H3. The van der Waals surface area contributed by atoms with E-state index >= 15 is 0 Å². The highest BCUT2D eigenvalue weighted by molar-refractivity contribution is 5.85. The lowest BCUT2D eigenvalue weighted by Crippen LogP contribution is -2.44. The van der Waals surface area contributed by atoms with Gasteiger partial charge in [-0.25, -0.2) is 0 Å². The van der Waals surface area contributed by atoms with E-state index in [1.807, 2.05) is 47.3 Å². The molecule has 2 aromatic rings. The van der Waals surface area contributed by atoms with Gasteiger partial charge in [0, 0.05) is 37.4 Å². The summed E-state index contributed by atoms with van der Waals surface area (Å²) in [4.78, 5) is 29.8. The van der Waals surface area contributed by atoms with Crippen LogP contribution in [0.25, 0.3) is 0 Å². The van der Waals surface area contributed by atoms with Crippen LogP contribution >= 0.6 is 0 Å². The molecule has 2 amide bonds. The molecule has 0 N–H and O–H groups in total. The summed E-state index contributed by atoms with van der Waals surface area (Å²) in [6.45, 7) is 0.850. The molecule has 28 heavy (non-hydrogen) atoms. The van der Waals surface area contributed by atoms with Crippen LogP contribution in [0, 0.1) is 0 Å². The maximum Gasteiger partial charge on any atom is 0.242 e. The molecule has 0 aliphatic heterocycles. The van der Waals surface area contributed by atoms with Gasteiger partial charge in [0.1, 0.15) is 6.54 Å². The molecule has 4 rings (SSSR count). The van der Waals surface area contributed by atoms with Crippen molar-refractivity contribution in [2.45, 2.75) is 57.2 Å². The number of carbonyl (C=O) groups excluding carboxylic acids is 2. The highest BCUT2D eigenvalue weighted by Crippen LogP contribution is 2.31. The van der Waals surface area contributed by atoms with E-state index in [2.05, 4.69) is 22.8 Å². The number of benzene rings is 1. The normalized spacial score (nSPS) is 16.0. The molecule has 2 fully saturated rings. The van der Waals surface area contributed by atoms with Crippen molar-refractivity contribution in [3.63, 3.8) is 0 Å². The van der Waals surface area contributed by atoms with E-state index in [-0.39, 0.29) is 24.4 Å². The summed E-state index contributed by atoms with van der Waals surface area (Å²) in [6, 6.07) is 14.7. The molecule has 0 saturated heterocycles. The molecule has 0 bridgehead atoms. The van der Waals surface area contributed by atoms with Gasteiger partial charge in [-0.1, -0.05) is 30.3 Å². The van der Waals surface area contributed by atoms with Crippen LogP contribution in [-0.2, 0) is 29.6 Å². The molecule has 0 spiro atoms. The molecule has 1 heterocycles. The molecule has 0 radical (unpaired) electrons. The SMILES string of the molecule is Cn1cccc1CN(C(=O)CN(C(=O)CCc1ccccc1)C1CC1)C1CC1. The first-order valence-corrected chi connectivity index (χ1v) is 10.3. The Morgan fingerprint density at radius 2 is 1.61 bits per heavy atom. The highest BCUT2D eigenvalue weighted by Gasteiger charge is 2.38. The number of amides is 2. The molecular weight excluding hydrogens is 350 g/mol. The number of hydrogen-bond acceptors (Lipinski definition) is 2. The van der Waals surface area contributed by atoms with Gasteiger partial charge >= 0.3 is 0 Å². The number of nitrogens with zero attached hydrogens (tertiary/aromatic N) is 3. The Morgan fingerprint density at radius 1 is 0.929 bits per heavy atom. The Labute approximate surface area is 166 Å². The molecule has 2 saturated carbocycles. The lowest BCUT2D eigenvalue weighted by atomic mass is 10.1. The van der Waals surface area contributed by atoms with Gasteiger partial charge in [-0.15, -0.1) is 0 Å². The van der Waals surface area contributed by atoms with E-state index in [4.69, 9.17) is 0 Å². The predicted octanol–water partition coefficient (Wildman–Crippen LogP) is 3.14. The van der Waals surface area contributed by atoms with Crippen LogP contribution in [0.15, 0.2) is 48.7 Å². The van der Waals surface area contributed by atoms with Crippen molar-refractivity contribution in [2.24, 2.45) is 7.05 Å². The van der Waals surface area contributed by atoms with E-state index < -0.39 is 0 Å². The van der Waals surface area contributed by atoms with Gasteiger partial charge in [-0.3, -0.25) is 9.59 Å². The van der Waals surface area contributed by atoms with Crippen LogP contribution in [-0.4, -0.2) is 44.8 Å². The summed E-state index contributed by atoms with van der Waals surface area (Å²) >= 11 is 0. The molecule has 5 nitrogen and oxygen atoms in total. The minimum atomic E-state index is 0.0867. The Bertz CT molecular complexity index is 821. The molecule has 2 aliphatic rings. The average molecular weight is 380 g/mol. The number of aromatic nitrogens is 1. The van der Waals surface area contributed by atoms with Crippen LogP contribution in [0.1, 0.15) is 43.4 Å². The van der Waals surface area contributed by atoms with Gasteiger partial charge in [0.15, 0.2) is 0 Å². The van der Waals surface area contributed by atoms with E-state index in [0.717, 1.165) is 37.8 Å². The molecule has 0 unspecified atom stereocenters. The Kier molecular flexibility index (Phi) is 5.51. The van der Waals surface area contributed by atoms with E-state index in [9.17, 15) is 9.59 Å². The Morgan fingerprint density at radius 3 is 2.21 bits per heavy atom. The van der Waals surface area contributed by atoms with Gasteiger partial charge in [0.25, 0.3) is 0 Å². The fourth-order valence-corrected chi connectivity index (χ4v) is 3.73. The molecule has 148 valence electrons. The van der Waals surface area contributed by atoms with E-state index in [1.165, 1.54) is 5.56 Å². The molecule has 0 atom stereocenters. The summed E-state index contributed by atoms with van der Waals surface area (Å²) in [5, 5.41) is 0. The van der Waals surface area contributed by atoms with E-state index in [0.29, 0.717) is 19.0 Å². The predicted molar refractivity (Wildman–Crippen MR) is 108 cm³/mol. The summed E-state index contributed by atoms with van der Waals surface area (Å²) in [6.07, 6.45) is 7.39. The zero-order valence-electron chi connectivity index (χ0n) is 16.6. The second kappa shape index (κ2) is 8.21. The summed E-state index contributed by atoms with van der Waals surface area (Å²) in [7, 11) is 2.01. The van der Waals surface area contributed by atoms with Gasteiger partial charge in [0.05, 0.1) is 6.54 Å². The van der Waals surface area contributed by atoms with E-state index in [1.54, 1.807) is 0 Å². The molecular formula is C23H29N3O2. The van der Waals surface area contributed by atoms with Crippen molar-refractivity contribution in [1.29, 1.82) is 0 Å². The maximum absolute atomic E-state index is 13.1. The van der Waals surface area contributed by atoms with Crippen molar-refractivity contribution >= 4 is 11.8 Å². The topological polar surface area (TPSA) is 45.6 Å². The van der Waals surface area contributed by atoms with Crippen molar-refractivity contribution in [1.82, 2.24) is 14.4 Å². The third-order valence-corrected chi connectivity index (χ3v) is 5.78. The van der Waals surface area contributed by atoms with Crippen LogP contribution < -0.4 is 0 Å². The van der Waals surface area contributed by atoms with Crippen molar-refractivity contribution in [3.8, 4) is 0 Å². The second-order valence-electron chi connectivity index (χ2n) is 8.10. The second-order valence-corrected chi connectivity index (χ2v) is 8.10. The van der Waals surface area contributed by atoms with Crippen LogP contribution in [0.2, 0.25) is 0 Å². The van der Waals surface area contributed by atoms with Gasteiger partial charge < -0.3 is 14.4 Å². The fraction of sp³-hybridized carbons (Fsp3) is 0.478. The molecule has 1 aromatic heterocycles. The average Bonchev–Trinajstić information content (AvgIpc) is 3.62. The first-order valence-electron chi connectivity index (χ1n) is 10.3. The Hall–Kier alpha value is -2.56. The fourth-order valence-electron chi connectivity index (χ4n) is 3.73. The smallest absolute Gasteiger partial charge is 0.242 e. The van der Waals surface area contributed by atoms with Crippen LogP contribution in [0.5, 0.6) is 0 Å². The largest absolute Gasteiger partial charge is 0.353 e. The first kappa shape index (κ1) is 18.8. The lowest BCUT2D eigenvalue weighted by molar-refractivity contribution is -0.141. The minimum absolute atomic E-state index is 0.0867.